The highest BCUT2D eigenvalue weighted by Gasteiger charge is 2.22. The second-order valence-electron chi connectivity index (χ2n) is 4.62. The van der Waals surface area contributed by atoms with Crippen molar-refractivity contribution in [2.45, 2.75) is 30.7 Å². The minimum atomic E-state index is -3.55. The Balaban J connectivity index is 2.19. The van der Waals surface area contributed by atoms with Gasteiger partial charge in [-0.2, -0.15) is 5.26 Å². The molecule has 1 N–H and O–H groups in total. The van der Waals surface area contributed by atoms with E-state index >= 15 is 0 Å². The lowest BCUT2D eigenvalue weighted by molar-refractivity contribution is 0.0774. The zero-order valence-corrected chi connectivity index (χ0v) is 11.5. The average Bonchev–Trinajstić information content (AvgIpc) is 2.39. The summed E-state index contributed by atoms with van der Waals surface area (Å²) in [6, 6.07) is 6.35. The van der Waals surface area contributed by atoms with Crippen molar-refractivity contribution in [3.63, 3.8) is 0 Å². The molecule has 1 unspecified atom stereocenters. The van der Waals surface area contributed by atoms with Crippen molar-refractivity contribution in [2.24, 2.45) is 0 Å². The Bertz CT molecular complexity index is 599. The number of hydrogen-bond acceptors (Lipinski definition) is 4. The van der Waals surface area contributed by atoms with Crippen LogP contribution in [0, 0.1) is 18.3 Å². The molecule has 6 heteroatoms. The summed E-state index contributed by atoms with van der Waals surface area (Å²) in [4.78, 5) is 0.189. The molecule has 5 nitrogen and oxygen atoms in total. The van der Waals surface area contributed by atoms with Crippen LogP contribution in [-0.4, -0.2) is 27.7 Å². The Morgan fingerprint density at radius 1 is 1.47 bits per heavy atom. The summed E-state index contributed by atoms with van der Waals surface area (Å²) in [7, 11) is -3.55. The van der Waals surface area contributed by atoms with E-state index in [9.17, 15) is 8.42 Å². The van der Waals surface area contributed by atoms with E-state index in [-0.39, 0.29) is 10.9 Å². The number of ether oxygens (including phenoxy) is 1. The Morgan fingerprint density at radius 3 is 2.84 bits per heavy atom. The normalized spacial score (nSPS) is 19.9. The Hall–Kier alpha value is -1.42. The molecule has 1 fully saturated rings. The summed E-state index contributed by atoms with van der Waals surface area (Å²) in [6.07, 6.45) is 1.65. The number of aryl methyl sites for hydroxylation is 1. The topological polar surface area (TPSA) is 79.2 Å². The number of benzene rings is 1. The molecule has 1 aliphatic rings. The summed E-state index contributed by atoms with van der Waals surface area (Å²) in [5, 5.41) is 8.84. The van der Waals surface area contributed by atoms with E-state index in [4.69, 9.17) is 10.00 Å². The van der Waals surface area contributed by atoms with Gasteiger partial charge in [0, 0.05) is 12.6 Å². The minimum absolute atomic E-state index is 0.172. The van der Waals surface area contributed by atoms with Gasteiger partial charge in [0.05, 0.1) is 23.1 Å². The van der Waals surface area contributed by atoms with Crippen molar-refractivity contribution in [3.05, 3.63) is 29.3 Å². The number of nitriles is 1. The fraction of sp³-hybridized carbons (Fsp3) is 0.462. The smallest absolute Gasteiger partial charge is 0.240 e. The van der Waals surface area contributed by atoms with Crippen LogP contribution in [0.1, 0.15) is 24.0 Å². The first kappa shape index (κ1) is 14.0. The van der Waals surface area contributed by atoms with Crippen molar-refractivity contribution in [3.8, 4) is 6.07 Å². The monoisotopic (exact) mass is 280 g/mol. The molecule has 1 aromatic carbocycles. The van der Waals surface area contributed by atoms with Crippen molar-refractivity contribution in [2.75, 3.05) is 13.2 Å². The lowest BCUT2D eigenvalue weighted by Crippen LogP contribution is -2.40. The molecule has 0 aromatic heterocycles. The van der Waals surface area contributed by atoms with E-state index in [0.29, 0.717) is 24.3 Å². The van der Waals surface area contributed by atoms with Gasteiger partial charge < -0.3 is 4.74 Å². The summed E-state index contributed by atoms with van der Waals surface area (Å²) in [5.41, 5.74) is 1.14. The maximum absolute atomic E-state index is 12.2. The van der Waals surface area contributed by atoms with E-state index in [2.05, 4.69) is 4.72 Å². The van der Waals surface area contributed by atoms with Gasteiger partial charge in [0.2, 0.25) is 10.0 Å². The zero-order valence-electron chi connectivity index (χ0n) is 10.7. The molecule has 1 saturated heterocycles. The predicted octanol–water partition coefficient (Wildman–Crippen LogP) is 1.32. The molecule has 1 atom stereocenters. The third kappa shape index (κ3) is 3.32. The van der Waals surface area contributed by atoms with E-state index in [1.165, 1.54) is 18.2 Å². The molecule has 0 amide bonds. The molecule has 1 heterocycles. The lowest BCUT2D eigenvalue weighted by Gasteiger charge is -2.23. The highest BCUT2D eigenvalue weighted by Crippen LogP contribution is 2.16. The molecule has 0 radical (unpaired) electrons. The molecule has 0 bridgehead atoms. The van der Waals surface area contributed by atoms with Crippen molar-refractivity contribution < 1.29 is 13.2 Å². The van der Waals surface area contributed by atoms with Gasteiger partial charge in [-0.05, 0) is 43.5 Å². The summed E-state index contributed by atoms with van der Waals surface area (Å²) < 4.78 is 32.3. The number of hydrogen-bond donors (Lipinski definition) is 1. The highest BCUT2D eigenvalue weighted by molar-refractivity contribution is 7.89. The Kier molecular flexibility index (Phi) is 4.20. The minimum Gasteiger partial charge on any atom is -0.380 e. The molecule has 1 aromatic rings. The molecule has 1 aliphatic heterocycles. The zero-order chi connectivity index (χ0) is 13.9. The van der Waals surface area contributed by atoms with Crippen LogP contribution in [0.5, 0.6) is 0 Å². The SMILES string of the molecule is Cc1cc(S(=O)(=O)NC2CCCOC2)ccc1C#N. The Morgan fingerprint density at radius 2 is 2.26 bits per heavy atom. The van der Waals surface area contributed by atoms with Gasteiger partial charge in [-0.1, -0.05) is 0 Å². The van der Waals surface area contributed by atoms with Crippen LogP contribution >= 0.6 is 0 Å². The molecular formula is C13H16N2O3S. The second-order valence-corrected chi connectivity index (χ2v) is 6.34. The Labute approximate surface area is 113 Å². The van der Waals surface area contributed by atoms with Crippen LogP contribution in [0.25, 0.3) is 0 Å². The molecular weight excluding hydrogens is 264 g/mol. The van der Waals surface area contributed by atoms with E-state index in [1.54, 1.807) is 6.92 Å². The van der Waals surface area contributed by atoms with E-state index in [0.717, 1.165) is 12.8 Å². The van der Waals surface area contributed by atoms with Crippen molar-refractivity contribution in [1.29, 1.82) is 5.26 Å². The quantitative estimate of drug-likeness (QED) is 0.905. The van der Waals surface area contributed by atoms with Crippen molar-refractivity contribution in [1.82, 2.24) is 4.72 Å². The van der Waals surface area contributed by atoms with Crippen LogP contribution in [0.2, 0.25) is 0 Å². The number of nitrogens with zero attached hydrogens (tertiary/aromatic N) is 1. The third-order valence-corrected chi connectivity index (χ3v) is 4.63. The molecule has 0 saturated carbocycles. The molecule has 0 aliphatic carbocycles. The van der Waals surface area contributed by atoms with Crippen LogP contribution < -0.4 is 4.72 Å². The van der Waals surface area contributed by atoms with Gasteiger partial charge in [0.1, 0.15) is 0 Å². The molecule has 0 spiro atoms. The van der Waals surface area contributed by atoms with E-state index in [1.807, 2.05) is 6.07 Å². The average molecular weight is 280 g/mol. The van der Waals surface area contributed by atoms with Gasteiger partial charge in [-0.25, -0.2) is 13.1 Å². The molecule has 19 heavy (non-hydrogen) atoms. The third-order valence-electron chi connectivity index (χ3n) is 3.11. The van der Waals surface area contributed by atoms with Crippen LogP contribution in [0.15, 0.2) is 23.1 Å². The fourth-order valence-electron chi connectivity index (χ4n) is 2.05. The standard InChI is InChI=1S/C13H16N2O3S/c1-10-7-13(5-4-11(10)8-14)19(16,17)15-12-3-2-6-18-9-12/h4-5,7,12,15H,2-3,6,9H2,1H3. The summed E-state index contributed by atoms with van der Waals surface area (Å²) in [5.74, 6) is 0. The molecule has 102 valence electrons. The van der Waals surface area contributed by atoms with Gasteiger partial charge in [0.15, 0.2) is 0 Å². The number of nitrogens with one attached hydrogen (secondary N) is 1. The summed E-state index contributed by atoms with van der Waals surface area (Å²) in [6.45, 7) is 2.82. The van der Waals surface area contributed by atoms with Gasteiger partial charge in [0.25, 0.3) is 0 Å². The van der Waals surface area contributed by atoms with Crippen LogP contribution in [0.3, 0.4) is 0 Å². The predicted molar refractivity (Wildman–Crippen MR) is 70.1 cm³/mol. The van der Waals surface area contributed by atoms with E-state index < -0.39 is 10.0 Å². The number of sulfonamides is 1. The largest absolute Gasteiger partial charge is 0.380 e. The summed E-state index contributed by atoms with van der Waals surface area (Å²) >= 11 is 0. The highest BCUT2D eigenvalue weighted by atomic mass is 32.2. The van der Waals surface area contributed by atoms with Gasteiger partial charge >= 0.3 is 0 Å². The fourth-order valence-corrected chi connectivity index (χ4v) is 3.39. The first-order valence-corrected chi connectivity index (χ1v) is 7.62. The van der Waals surface area contributed by atoms with Gasteiger partial charge in [-0.3, -0.25) is 0 Å². The van der Waals surface area contributed by atoms with Gasteiger partial charge in [-0.15, -0.1) is 0 Å². The first-order valence-electron chi connectivity index (χ1n) is 6.14. The lowest BCUT2D eigenvalue weighted by atomic mass is 10.1. The maximum atomic E-state index is 12.2. The first-order chi connectivity index (χ1) is 9.03. The van der Waals surface area contributed by atoms with Crippen molar-refractivity contribution >= 4 is 10.0 Å². The maximum Gasteiger partial charge on any atom is 0.240 e. The number of rotatable bonds is 3. The molecule has 2 rings (SSSR count). The second kappa shape index (κ2) is 5.70. The van der Waals surface area contributed by atoms with Crippen LogP contribution in [-0.2, 0) is 14.8 Å². The van der Waals surface area contributed by atoms with Crippen LogP contribution in [0.4, 0.5) is 0 Å².